The first-order valence-electron chi connectivity index (χ1n) is 8.75. The molecule has 1 fully saturated rings. The van der Waals surface area contributed by atoms with Crippen molar-refractivity contribution < 1.29 is 4.39 Å². The predicted molar refractivity (Wildman–Crippen MR) is 93.3 cm³/mol. The first-order chi connectivity index (χ1) is 11.3. The van der Waals surface area contributed by atoms with Crippen LogP contribution in [0.2, 0.25) is 0 Å². The molecule has 1 nitrogen and oxygen atoms in total. The van der Waals surface area contributed by atoms with Gasteiger partial charge in [0.25, 0.3) is 0 Å². The van der Waals surface area contributed by atoms with Crippen molar-refractivity contribution in [3.8, 4) is 6.07 Å². The van der Waals surface area contributed by atoms with E-state index in [9.17, 15) is 4.39 Å². The maximum absolute atomic E-state index is 12.8. The third-order valence-corrected chi connectivity index (χ3v) is 4.80. The van der Waals surface area contributed by atoms with Crippen molar-refractivity contribution in [3.05, 3.63) is 60.0 Å². The summed E-state index contributed by atoms with van der Waals surface area (Å²) in [6.45, 7) is 0. The number of benzene rings is 1. The molecule has 0 N–H and O–H groups in total. The molecule has 0 unspecified atom stereocenters. The second-order valence-corrected chi connectivity index (χ2v) is 6.53. The van der Waals surface area contributed by atoms with E-state index < -0.39 is 0 Å². The number of allylic oxidation sites excluding steroid dienone is 4. The van der Waals surface area contributed by atoms with Crippen molar-refractivity contribution >= 4 is 0 Å². The molecule has 1 aliphatic rings. The Morgan fingerprint density at radius 1 is 1.04 bits per heavy atom. The SMILES string of the molecule is N#C/C=C/C=C/C1CCC(CCCCc2ccc(F)cc2)CC1. The Bertz CT molecular complexity index is 542. The van der Waals surface area contributed by atoms with Crippen molar-refractivity contribution in [2.24, 2.45) is 11.8 Å². The Labute approximate surface area is 139 Å². The molecule has 0 heterocycles. The number of nitrogens with zero attached hydrogens (tertiary/aromatic N) is 1. The summed E-state index contributed by atoms with van der Waals surface area (Å²) < 4.78 is 12.8. The molecule has 0 atom stereocenters. The van der Waals surface area contributed by atoms with Gasteiger partial charge < -0.3 is 0 Å². The molecule has 1 saturated carbocycles. The van der Waals surface area contributed by atoms with Crippen LogP contribution in [-0.4, -0.2) is 0 Å². The zero-order chi connectivity index (χ0) is 16.3. The van der Waals surface area contributed by atoms with Crippen LogP contribution in [0.15, 0.2) is 48.6 Å². The zero-order valence-corrected chi connectivity index (χ0v) is 13.8. The van der Waals surface area contributed by atoms with Gasteiger partial charge in [-0.2, -0.15) is 5.26 Å². The summed E-state index contributed by atoms with van der Waals surface area (Å²) >= 11 is 0. The highest BCUT2D eigenvalue weighted by molar-refractivity contribution is 5.16. The summed E-state index contributed by atoms with van der Waals surface area (Å²) in [6.07, 6.45) is 17.7. The van der Waals surface area contributed by atoms with Gasteiger partial charge in [0.05, 0.1) is 6.07 Å². The fraction of sp³-hybridized carbons (Fsp3) is 0.476. The Morgan fingerprint density at radius 3 is 2.48 bits per heavy atom. The normalized spacial score (nSPS) is 21.7. The van der Waals surface area contributed by atoms with Crippen molar-refractivity contribution in [3.63, 3.8) is 0 Å². The molecular formula is C21H26FN. The minimum atomic E-state index is -0.150. The van der Waals surface area contributed by atoms with Gasteiger partial charge in [0.15, 0.2) is 0 Å². The topological polar surface area (TPSA) is 23.8 Å². The van der Waals surface area contributed by atoms with Gasteiger partial charge in [-0.15, -0.1) is 0 Å². The third-order valence-electron chi connectivity index (χ3n) is 4.80. The van der Waals surface area contributed by atoms with Gasteiger partial charge in [-0.05, 0) is 68.1 Å². The standard InChI is InChI=1S/C21H26FN/c22-21-15-13-20(14-16-21)8-4-3-7-19-11-9-18(10-12-19)6-2-1-5-17-23/h1-2,5-6,13-16,18-19H,3-4,7-12H2/b5-1+,6-2+. The van der Waals surface area contributed by atoms with E-state index >= 15 is 0 Å². The number of hydrogen-bond donors (Lipinski definition) is 0. The molecular weight excluding hydrogens is 285 g/mol. The number of nitriles is 1. The van der Waals surface area contributed by atoms with Gasteiger partial charge in [0, 0.05) is 6.08 Å². The molecule has 2 heteroatoms. The minimum absolute atomic E-state index is 0.150. The highest BCUT2D eigenvalue weighted by Gasteiger charge is 2.18. The summed E-state index contributed by atoms with van der Waals surface area (Å²) in [5.74, 6) is 1.42. The number of unbranched alkanes of at least 4 members (excludes halogenated alkanes) is 1. The molecule has 0 spiro atoms. The lowest BCUT2D eigenvalue weighted by Crippen LogP contribution is -2.13. The highest BCUT2D eigenvalue weighted by atomic mass is 19.1. The fourth-order valence-corrected chi connectivity index (χ4v) is 3.40. The molecule has 0 radical (unpaired) electrons. The second kappa shape index (κ2) is 10.0. The Balaban J connectivity index is 1.58. The van der Waals surface area contributed by atoms with E-state index in [-0.39, 0.29) is 5.82 Å². The number of rotatable bonds is 7. The van der Waals surface area contributed by atoms with Gasteiger partial charge in [-0.1, -0.05) is 43.2 Å². The van der Waals surface area contributed by atoms with Crippen molar-refractivity contribution in [2.45, 2.75) is 51.4 Å². The maximum Gasteiger partial charge on any atom is 0.123 e. The largest absolute Gasteiger partial charge is 0.207 e. The van der Waals surface area contributed by atoms with E-state index in [0.717, 1.165) is 12.3 Å². The van der Waals surface area contributed by atoms with Crippen LogP contribution in [0.5, 0.6) is 0 Å². The van der Waals surface area contributed by atoms with E-state index in [0.29, 0.717) is 5.92 Å². The average Bonchev–Trinajstić information content (AvgIpc) is 2.58. The molecule has 0 aliphatic heterocycles. The summed E-state index contributed by atoms with van der Waals surface area (Å²) in [6, 6.07) is 8.90. The molecule has 122 valence electrons. The Kier molecular flexibility index (Phi) is 7.60. The lowest BCUT2D eigenvalue weighted by molar-refractivity contribution is 0.289. The molecule has 1 aromatic carbocycles. The van der Waals surface area contributed by atoms with E-state index in [1.165, 1.54) is 56.6 Å². The first-order valence-corrected chi connectivity index (χ1v) is 8.75. The van der Waals surface area contributed by atoms with Crippen LogP contribution >= 0.6 is 0 Å². The number of halogens is 1. The molecule has 23 heavy (non-hydrogen) atoms. The van der Waals surface area contributed by atoms with Crippen LogP contribution < -0.4 is 0 Å². The van der Waals surface area contributed by atoms with Gasteiger partial charge in [-0.3, -0.25) is 0 Å². The molecule has 0 amide bonds. The zero-order valence-electron chi connectivity index (χ0n) is 13.8. The van der Waals surface area contributed by atoms with Crippen LogP contribution in [0.3, 0.4) is 0 Å². The minimum Gasteiger partial charge on any atom is -0.207 e. The Hall–Kier alpha value is -1.88. The van der Waals surface area contributed by atoms with Gasteiger partial charge in [0.2, 0.25) is 0 Å². The number of hydrogen-bond acceptors (Lipinski definition) is 1. The highest BCUT2D eigenvalue weighted by Crippen LogP contribution is 2.32. The quantitative estimate of drug-likeness (QED) is 0.345. The van der Waals surface area contributed by atoms with Crippen LogP contribution in [0.25, 0.3) is 0 Å². The molecule has 1 aromatic rings. The van der Waals surface area contributed by atoms with E-state index in [1.54, 1.807) is 12.1 Å². The van der Waals surface area contributed by atoms with Gasteiger partial charge in [-0.25, -0.2) is 4.39 Å². The molecule has 0 aromatic heterocycles. The predicted octanol–water partition coefficient (Wildman–Crippen LogP) is 5.98. The summed E-state index contributed by atoms with van der Waals surface area (Å²) in [5, 5.41) is 8.44. The summed E-state index contributed by atoms with van der Waals surface area (Å²) in [4.78, 5) is 0. The van der Waals surface area contributed by atoms with Crippen LogP contribution in [0, 0.1) is 29.0 Å². The van der Waals surface area contributed by atoms with Crippen molar-refractivity contribution in [1.82, 2.24) is 0 Å². The van der Waals surface area contributed by atoms with Crippen LogP contribution in [0.4, 0.5) is 4.39 Å². The molecule has 1 aliphatic carbocycles. The third kappa shape index (κ3) is 6.82. The van der Waals surface area contributed by atoms with Crippen LogP contribution in [0.1, 0.15) is 50.5 Å². The van der Waals surface area contributed by atoms with E-state index in [4.69, 9.17) is 5.26 Å². The fourth-order valence-electron chi connectivity index (χ4n) is 3.40. The molecule has 0 saturated heterocycles. The maximum atomic E-state index is 12.8. The lowest BCUT2D eigenvalue weighted by Gasteiger charge is -2.26. The molecule has 0 bridgehead atoms. The van der Waals surface area contributed by atoms with Gasteiger partial charge >= 0.3 is 0 Å². The first kappa shape index (κ1) is 17.5. The van der Waals surface area contributed by atoms with E-state index in [1.807, 2.05) is 30.4 Å². The average molecular weight is 311 g/mol. The summed E-state index contributed by atoms with van der Waals surface area (Å²) in [7, 11) is 0. The smallest absolute Gasteiger partial charge is 0.123 e. The second-order valence-electron chi connectivity index (χ2n) is 6.53. The lowest BCUT2D eigenvalue weighted by atomic mass is 9.79. The van der Waals surface area contributed by atoms with E-state index in [2.05, 4.69) is 6.08 Å². The van der Waals surface area contributed by atoms with Crippen molar-refractivity contribution in [1.29, 1.82) is 5.26 Å². The summed E-state index contributed by atoms with van der Waals surface area (Å²) in [5.41, 5.74) is 1.24. The van der Waals surface area contributed by atoms with Gasteiger partial charge in [0.1, 0.15) is 5.82 Å². The molecule has 2 rings (SSSR count). The monoisotopic (exact) mass is 311 g/mol. The van der Waals surface area contributed by atoms with Crippen molar-refractivity contribution in [2.75, 3.05) is 0 Å². The number of aryl methyl sites for hydroxylation is 1. The van der Waals surface area contributed by atoms with Crippen LogP contribution in [-0.2, 0) is 6.42 Å². The Morgan fingerprint density at radius 2 is 1.78 bits per heavy atom.